The Bertz CT molecular complexity index is 1310. The van der Waals surface area contributed by atoms with E-state index in [2.05, 4.69) is 15.7 Å². The van der Waals surface area contributed by atoms with Crippen LogP contribution in [0.2, 0.25) is 5.02 Å². The molecule has 13 heteroatoms. The van der Waals surface area contributed by atoms with Crippen molar-refractivity contribution in [3.63, 3.8) is 0 Å². The van der Waals surface area contributed by atoms with E-state index in [1.54, 1.807) is 12.1 Å². The maximum Gasteiger partial charge on any atom is 0.252 e. The number of ether oxygens (including phenoxy) is 1. The highest BCUT2D eigenvalue weighted by Gasteiger charge is 2.44. The van der Waals surface area contributed by atoms with Crippen LogP contribution < -0.4 is 16.2 Å². The predicted molar refractivity (Wildman–Crippen MR) is 141 cm³/mol. The molecule has 0 saturated heterocycles. The molecule has 208 valence electrons. The van der Waals surface area contributed by atoms with Crippen LogP contribution in [0.5, 0.6) is 0 Å². The number of benzene rings is 2. The van der Waals surface area contributed by atoms with Gasteiger partial charge in [0.25, 0.3) is 5.91 Å². The second-order valence-corrected chi connectivity index (χ2v) is 11.7. The van der Waals surface area contributed by atoms with Crippen LogP contribution in [-0.4, -0.2) is 80.4 Å². The number of aliphatic hydroxyl groups excluding tert-OH is 1. The fraction of sp³-hybridized carbons (Fsp3) is 0.440. The molecular formula is C25H33ClN4O7S. The molecule has 11 nitrogen and oxygen atoms in total. The summed E-state index contributed by atoms with van der Waals surface area (Å²) in [5.74, 6) is -2.71. The van der Waals surface area contributed by atoms with Crippen molar-refractivity contribution in [1.82, 2.24) is 9.62 Å². The van der Waals surface area contributed by atoms with Crippen LogP contribution in [0.1, 0.15) is 34.6 Å². The number of fused-ring (bicyclic) bond motifs is 1. The number of nitrogens with one attached hydrogen (secondary N) is 1. The Hall–Kier alpha value is -2.58. The molecule has 0 saturated carbocycles. The van der Waals surface area contributed by atoms with Gasteiger partial charge in [-0.1, -0.05) is 29.8 Å². The summed E-state index contributed by atoms with van der Waals surface area (Å²) in [6, 6.07) is 10.8. The molecule has 2 amide bonds. The first kappa shape index (κ1) is 30.0. The molecular weight excluding hydrogens is 536 g/mol. The second kappa shape index (κ2) is 12.1. The van der Waals surface area contributed by atoms with Crippen LogP contribution in [0.15, 0.2) is 41.3 Å². The highest BCUT2D eigenvalue weighted by molar-refractivity contribution is 7.89. The van der Waals surface area contributed by atoms with Crippen molar-refractivity contribution in [2.45, 2.75) is 42.4 Å². The van der Waals surface area contributed by atoms with Gasteiger partial charge in [-0.3, -0.25) is 9.59 Å². The summed E-state index contributed by atoms with van der Waals surface area (Å²) in [6.07, 6.45) is -2.72. The van der Waals surface area contributed by atoms with E-state index in [4.69, 9.17) is 27.8 Å². The average molecular weight is 569 g/mol. The highest BCUT2D eigenvalue weighted by Crippen LogP contribution is 2.37. The summed E-state index contributed by atoms with van der Waals surface area (Å²) >= 11 is 6.52. The third-order valence-electron chi connectivity index (χ3n) is 6.56. The number of aryl methyl sites for hydroxylation is 1. The Labute approximate surface area is 226 Å². The number of nitrogens with two attached hydrogens (primary N) is 2. The monoisotopic (exact) mass is 568 g/mol. The van der Waals surface area contributed by atoms with E-state index in [1.807, 2.05) is 26.1 Å². The van der Waals surface area contributed by atoms with Crippen molar-refractivity contribution in [3.05, 3.63) is 63.7 Å². The maximum atomic E-state index is 12.9. The summed E-state index contributed by atoms with van der Waals surface area (Å²) in [4.78, 5) is 24.9. The molecule has 0 aromatic heterocycles. The number of amides is 2. The molecule has 38 heavy (non-hydrogen) atoms. The topological polar surface area (TPSA) is 185 Å². The highest BCUT2D eigenvalue weighted by atomic mass is 35.5. The molecule has 2 aromatic carbocycles. The standard InChI is InChI=1S/C25H33ClN4O7S/c1-15-10-18-19(13-30(2)14-20(18)21(26)11-15)16-4-3-5-17(12-16)38(35,36)29-7-9-37-8-6-25(34,24(28)33)22(31)23(27)32/h3-5,10-12,19,22,29,31,34H,6-9,13-14H2,1-2H3,(H2,27,32)(H2,28,33). The van der Waals surface area contributed by atoms with Gasteiger partial charge in [0.05, 0.1) is 18.1 Å². The number of nitrogens with zero attached hydrogens (tertiary/aromatic N) is 1. The zero-order valence-corrected chi connectivity index (χ0v) is 22.8. The number of hydrogen-bond acceptors (Lipinski definition) is 8. The molecule has 7 N–H and O–H groups in total. The minimum absolute atomic E-state index is 0.0561. The van der Waals surface area contributed by atoms with Gasteiger partial charge < -0.3 is 31.3 Å². The fourth-order valence-electron chi connectivity index (χ4n) is 4.50. The number of carbonyl (C=O) groups excluding carboxylic acids is 2. The first-order valence-corrected chi connectivity index (χ1v) is 13.8. The minimum atomic E-state index is -3.88. The van der Waals surface area contributed by atoms with E-state index in [9.17, 15) is 28.2 Å². The van der Waals surface area contributed by atoms with Gasteiger partial charge in [0.2, 0.25) is 15.9 Å². The quantitative estimate of drug-likeness (QED) is 0.221. The number of halogens is 1. The van der Waals surface area contributed by atoms with Gasteiger partial charge in [-0.2, -0.15) is 0 Å². The molecule has 0 bridgehead atoms. The van der Waals surface area contributed by atoms with Crippen molar-refractivity contribution >= 4 is 33.4 Å². The Kier molecular flexibility index (Phi) is 9.52. The molecule has 0 radical (unpaired) electrons. The summed E-state index contributed by atoms with van der Waals surface area (Å²) in [5.41, 5.74) is 11.4. The largest absolute Gasteiger partial charge is 0.380 e. The summed E-state index contributed by atoms with van der Waals surface area (Å²) in [5, 5.41) is 20.6. The van der Waals surface area contributed by atoms with Crippen LogP contribution in [0.3, 0.4) is 0 Å². The molecule has 1 aliphatic rings. The molecule has 3 unspecified atom stereocenters. The van der Waals surface area contributed by atoms with Crippen LogP contribution in [0, 0.1) is 6.92 Å². The summed E-state index contributed by atoms with van der Waals surface area (Å²) in [6.45, 7) is 2.88. The number of sulfonamides is 1. The van der Waals surface area contributed by atoms with Crippen molar-refractivity contribution < 1.29 is 33.0 Å². The van der Waals surface area contributed by atoms with Gasteiger partial charge in [0.1, 0.15) is 0 Å². The first-order chi connectivity index (χ1) is 17.8. The Morgan fingerprint density at radius 1 is 1.26 bits per heavy atom. The molecule has 3 rings (SSSR count). The van der Waals surface area contributed by atoms with E-state index in [0.29, 0.717) is 18.1 Å². The maximum absolute atomic E-state index is 12.9. The lowest BCUT2D eigenvalue weighted by Gasteiger charge is -2.33. The molecule has 2 aromatic rings. The molecule has 0 spiro atoms. The third kappa shape index (κ3) is 6.70. The van der Waals surface area contributed by atoms with E-state index < -0.39 is 40.0 Å². The Morgan fingerprint density at radius 2 is 1.97 bits per heavy atom. The van der Waals surface area contributed by atoms with Gasteiger partial charge >= 0.3 is 0 Å². The number of aliphatic hydroxyl groups is 2. The number of hydrogen-bond donors (Lipinski definition) is 5. The van der Waals surface area contributed by atoms with E-state index in [-0.39, 0.29) is 30.6 Å². The van der Waals surface area contributed by atoms with E-state index in [1.165, 1.54) is 6.07 Å². The van der Waals surface area contributed by atoms with Gasteiger partial charge in [-0.25, -0.2) is 13.1 Å². The van der Waals surface area contributed by atoms with Crippen LogP contribution in [0.4, 0.5) is 0 Å². The van der Waals surface area contributed by atoms with E-state index in [0.717, 1.165) is 22.3 Å². The summed E-state index contributed by atoms with van der Waals surface area (Å²) < 4.78 is 33.6. The lowest BCUT2D eigenvalue weighted by atomic mass is 9.84. The molecule has 0 fully saturated rings. The van der Waals surface area contributed by atoms with Crippen LogP contribution in [0.25, 0.3) is 0 Å². The SMILES string of the molecule is Cc1cc(Cl)c2c(c1)C(c1cccc(S(=O)(=O)NCCOCCC(O)(C(N)=O)C(O)C(N)=O)c1)CN(C)C2. The van der Waals surface area contributed by atoms with Gasteiger partial charge in [0, 0.05) is 37.0 Å². The molecule has 1 aliphatic heterocycles. The van der Waals surface area contributed by atoms with Gasteiger partial charge in [0.15, 0.2) is 11.7 Å². The average Bonchev–Trinajstić information content (AvgIpc) is 2.85. The molecule has 0 aliphatic carbocycles. The minimum Gasteiger partial charge on any atom is -0.380 e. The Balaban J connectivity index is 1.64. The van der Waals surface area contributed by atoms with E-state index >= 15 is 0 Å². The fourth-order valence-corrected chi connectivity index (χ4v) is 5.90. The Morgan fingerprint density at radius 3 is 2.63 bits per heavy atom. The van der Waals surface area contributed by atoms with Crippen molar-refractivity contribution in [1.29, 1.82) is 0 Å². The predicted octanol–water partition coefficient (Wildman–Crippen LogP) is -0.0267. The normalized spacial score (nSPS) is 18.4. The van der Waals surface area contributed by atoms with Crippen molar-refractivity contribution in [2.24, 2.45) is 11.5 Å². The molecule has 3 atom stereocenters. The first-order valence-electron chi connectivity index (χ1n) is 11.9. The second-order valence-electron chi connectivity index (χ2n) is 9.49. The zero-order chi connectivity index (χ0) is 28.3. The van der Waals surface area contributed by atoms with Gasteiger partial charge in [-0.15, -0.1) is 0 Å². The van der Waals surface area contributed by atoms with Crippen LogP contribution in [-0.2, 0) is 30.9 Å². The number of primary amides is 2. The number of carbonyl (C=O) groups is 2. The van der Waals surface area contributed by atoms with Crippen molar-refractivity contribution in [3.8, 4) is 0 Å². The molecule has 1 heterocycles. The summed E-state index contributed by atoms with van der Waals surface area (Å²) in [7, 11) is -1.88. The lowest BCUT2D eigenvalue weighted by molar-refractivity contribution is -0.161. The van der Waals surface area contributed by atoms with Gasteiger partial charge in [-0.05, 0) is 54.4 Å². The van der Waals surface area contributed by atoms with Crippen LogP contribution >= 0.6 is 11.6 Å². The lowest BCUT2D eigenvalue weighted by Crippen LogP contribution is -2.58. The smallest absolute Gasteiger partial charge is 0.252 e. The zero-order valence-electron chi connectivity index (χ0n) is 21.2. The number of likely N-dealkylation sites (N-methyl/N-ethyl adjacent to an activating group) is 1. The van der Waals surface area contributed by atoms with Crippen molar-refractivity contribution in [2.75, 3.05) is 33.4 Å². The third-order valence-corrected chi connectivity index (χ3v) is 8.35. The number of rotatable bonds is 12.